The third-order valence-corrected chi connectivity index (χ3v) is 5.11. The lowest BCUT2D eigenvalue weighted by atomic mass is 10.0. The predicted molar refractivity (Wildman–Crippen MR) is 110 cm³/mol. The highest BCUT2D eigenvalue weighted by atomic mass is 35.5. The fourth-order valence-electron chi connectivity index (χ4n) is 2.58. The Bertz CT molecular complexity index is 962. The number of amides is 1. The maximum Gasteiger partial charge on any atom is 0.341 e. The van der Waals surface area contributed by atoms with Crippen molar-refractivity contribution in [3.8, 4) is 11.1 Å². The molecule has 0 bridgehead atoms. The molecule has 0 saturated heterocycles. The van der Waals surface area contributed by atoms with Gasteiger partial charge in [0.25, 0.3) is 5.91 Å². The molecule has 0 aliphatic carbocycles. The Hall–Kier alpha value is -2.63. The van der Waals surface area contributed by atoms with E-state index >= 15 is 0 Å². The molecule has 27 heavy (non-hydrogen) atoms. The second kappa shape index (κ2) is 8.37. The van der Waals surface area contributed by atoms with Crippen molar-refractivity contribution in [3.63, 3.8) is 0 Å². The van der Waals surface area contributed by atoms with E-state index in [2.05, 4.69) is 5.32 Å². The first-order valence-corrected chi connectivity index (χ1v) is 9.68. The number of thiophene rings is 1. The highest BCUT2D eigenvalue weighted by Crippen LogP contribution is 2.36. The van der Waals surface area contributed by atoms with E-state index in [0.29, 0.717) is 21.2 Å². The molecule has 138 valence electrons. The van der Waals surface area contributed by atoms with E-state index in [1.54, 1.807) is 31.2 Å². The summed E-state index contributed by atoms with van der Waals surface area (Å²) in [4.78, 5) is 25.1. The summed E-state index contributed by atoms with van der Waals surface area (Å²) < 4.78 is 5.21. The molecule has 0 spiro atoms. The number of halogens is 1. The summed E-state index contributed by atoms with van der Waals surface area (Å²) in [6.45, 7) is 4.01. The molecule has 1 aromatic heterocycles. The Kier molecular flexibility index (Phi) is 5.94. The fourth-order valence-corrected chi connectivity index (χ4v) is 3.66. The summed E-state index contributed by atoms with van der Waals surface area (Å²) in [6.07, 6.45) is 0. The summed E-state index contributed by atoms with van der Waals surface area (Å²) in [5, 5.41) is 5.69. The van der Waals surface area contributed by atoms with Crippen molar-refractivity contribution in [3.05, 3.63) is 75.6 Å². The topological polar surface area (TPSA) is 55.4 Å². The molecule has 0 atom stereocenters. The van der Waals surface area contributed by atoms with Crippen LogP contribution in [0.3, 0.4) is 0 Å². The van der Waals surface area contributed by atoms with Gasteiger partial charge in [-0.3, -0.25) is 4.79 Å². The van der Waals surface area contributed by atoms with Crippen LogP contribution in [0, 0.1) is 6.92 Å². The lowest BCUT2D eigenvalue weighted by Gasteiger charge is -2.09. The molecule has 0 aliphatic rings. The average Bonchev–Trinajstić information content (AvgIpc) is 3.06. The molecule has 0 radical (unpaired) electrons. The molecule has 0 saturated carbocycles. The molecule has 3 aromatic rings. The fraction of sp³-hybridized carbons (Fsp3) is 0.143. The summed E-state index contributed by atoms with van der Waals surface area (Å²) >= 11 is 7.17. The second-order valence-electron chi connectivity index (χ2n) is 5.90. The molecular weight excluding hydrogens is 382 g/mol. The largest absolute Gasteiger partial charge is 0.462 e. The number of esters is 1. The van der Waals surface area contributed by atoms with E-state index in [9.17, 15) is 9.59 Å². The minimum Gasteiger partial charge on any atom is -0.462 e. The van der Waals surface area contributed by atoms with Crippen molar-refractivity contribution in [2.75, 3.05) is 11.9 Å². The first-order valence-electron chi connectivity index (χ1n) is 8.42. The zero-order valence-corrected chi connectivity index (χ0v) is 16.5. The molecule has 0 aliphatic heterocycles. The van der Waals surface area contributed by atoms with Crippen molar-refractivity contribution < 1.29 is 14.3 Å². The molecule has 4 nitrogen and oxygen atoms in total. The van der Waals surface area contributed by atoms with Gasteiger partial charge in [-0.25, -0.2) is 4.79 Å². The average molecular weight is 400 g/mol. The van der Waals surface area contributed by atoms with Crippen LogP contribution in [0.2, 0.25) is 5.02 Å². The summed E-state index contributed by atoms with van der Waals surface area (Å²) in [5.74, 6) is -0.768. The minimum atomic E-state index is -0.458. The lowest BCUT2D eigenvalue weighted by molar-refractivity contribution is 0.0529. The number of anilines is 1. The van der Waals surface area contributed by atoms with Crippen molar-refractivity contribution in [1.29, 1.82) is 0 Å². The van der Waals surface area contributed by atoms with E-state index in [1.807, 2.05) is 36.6 Å². The molecule has 1 N–H and O–H groups in total. The number of carbonyl (C=O) groups is 2. The number of aryl methyl sites for hydroxylation is 1. The molecule has 1 amide bonds. The predicted octanol–water partition coefficient (Wildman–Crippen LogP) is 5.81. The summed E-state index contributed by atoms with van der Waals surface area (Å²) in [5.41, 5.74) is 3.59. The normalized spacial score (nSPS) is 10.5. The maximum absolute atomic E-state index is 12.6. The highest BCUT2D eigenvalue weighted by molar-refractivity contribution is 7.15. The molecule has 6 heteroatoms. The van der Waals surface area contributed by atoms with Gasteiger partial charge in [0, 0.05) is 21.5 Å². The van der Waals surface area contributed by atoms with Gasteiger partial charge in [0.1, 0.15) is 10.6 Å². The SMILES string of the molecule is CCOC(=O)c1c(-c2ccc(C)cc2)csc1NC(=O)c1ccc(Cl)cc1. The van der Waals surface area contributed by atoms with E-state index < -0.39 is 5.97 Å². The van der Waals surface area contributed by atoms with Crippen LogP contribution < -0.4 is 5.32 Å². The quantitative estimate of drug-likeness (QED) is 0.551. The standard InChI is InChI=1S/C21H18ClNO3S/c1-3-26-21(25)18-17(14-6-4-13(2)5-7-14)12-27-20(18)23-19(24)15-8-10-16(22)11-9-15/h4-12H,3H2,1-2H3,(H,23,24). The smallest absolute Gasteiger partial charge is 0.341 e. The van der Waals surface area contributed by atoms with Crippen LogP contribution in [0.15, 0.2) is 53.9 Å². The summed E-state index contributed by atoms with van der Waals surface area (Å²) in [7, 11) is 0. The lowest BCUT2D eigenvalue weighted by Crippen LogP contribution is -2.14. The Labute approximate surface area is 166 Å². The maximum atomic E-state index is 12.6. The van der Waals surface area contributed by atoms with Crippen LogP contribution in [0.5, 0.6) is 0 Å². The number of ether oxygens (including phenoxy) is 1. The van der Waals surface area contributed by atoms with Gasteiger partial charge in [0.05, 0.1) is 6.61 Å². The molecule has 1 heterocycles. The Morgan fingerprint density at radius 1 is 1.07 bits per heavy atom. The van der Waals surface area contributed by atoms with Gasteiger partial charge < -0.3 is 10.1 Å². The highest BCUT2D eigenvalue weighted by Gasteiger charge is 2.23. The van der Waals surface area contributed by atoms with E-state index in [-0.39, 0.29) is 12.5 Å². The Morgan fingerprint density at radius 3 is 2.37 bits per heavy atom. The van der Waals surface area contributed by atoms with Gasteiger partial charge in [-0.1, -0.05) is 41.4 Å². The number of benzene rings is 2. The zero-order chi connectivity index (χ0) is 19.4. The van der Waals surface area contributed by atoms with Gasteiger partial charge in [0.15, 0.2) is 0 Å². The van der Waals surface area contributed by atoms with Crippen LogP contribution in [0.4, 0.5) is 5.00 Å². The first-order chi connectivity index (χ1) is 13.0. The minimum absolute atomic E-state index is 0.257. The van der Waals surface area contributed by atoms with Gasteiger partial charge in [-0.2, -0.15) is 0 Å². The van der Waals surface area contributed by atoms with Crippen molar-refractivity contribution >= 4 is 39.8 Å². The van der Waals surface area contributed by atoms with Crippen LogP contribution in [0.25, 0.3) is 11.1 Å². The second-order valence-corrected chi connectivity index (χ2v) is 7.22. The Balaban J connectivity index is 1.97. The summed E-state index contributed by atoms with van der Waals surface area (Å²) in [6, 6.07) is 14.4. The third-order valence-electron chi connectivity index (χ3n) is 3.97. The van der Waals surface area contributed by atoms with Crippen LogP contribution in [-0.2, 0) is 4.74 Å². The van der Waals surface area contributed by atoms with Gasteiger partial charge in [-0.15, -0.1) is 11.3 Å². The zero-order valence-electron chi connectivity index (χ0n) is 14.9. The van der Waals surface area contributed by atoms with Crippen molar-refractivity contribution in [2.24, 2.45) is 0 Å². The van der Waals surface area contributed by atoms with Crippen molar-refractivity contribution in [2.45, 2.75) is 13.8 Å². The third kappa shape index (κ3) is 4.38. The van der Waals surface area contributed by atoms with Gasteiger partial charge >= 0.3 is 5.97 Å². The molecular formula is C21H18ClNO3S. The van der Waals surface area contributed by atoms with Gasteiger partial charge in [-0.05, 0) is 43.7 Å². The number of hydrogen-bond acceptors (Lipinski definition) is 4. The first kappa shape index (κ1) is 19.1. The molecule has 3 rings (SSSR count). The van der Waals surface area contributed by atoms with E-state index in [1.165, 1.54) is 11.3 Å². The van der Waals surface area contributed by atoms with Crippen LogP contribution in [0.1, 0.15) is 33.2 Å². The van der Waals surface area contributed by atoms with E-state index in [4.69, 9.17) is 16.3 Å². The number of carbonyl (C=O) groups excluding carboxylic acids is 2. The van der Waals surface area contributed by atoms with Crippen molar-refractivity contribution in [1.82, 2.24) is 0 Å². The number of rotatable bonds is 5. The number of nitrogens with one attached hydrogen (secondary N) is 1. The molecule has 2 aromatic carbocycles. The van der Waals surface area contributed by atoms with Gasteiger partial charge in [0.2, 0.25) is 0 Å². The van der Waals surface area contributed by atoms with Crippen LogP contribution >= 0.6 is 22.9 Å². The monoisotopic (exact) mass is 399 g/mol. The number of hydrogen-bond donors (Lipinski definition) is 1. The van der Waals surface area contributed by atoms with E-state index in [0.717, 1.165) is 16.7 Å². The van der Waals surface area contributed by atoms with Crippen LogP contribution in [-0.4, -0.2) is 18.5 Å². The molecule has 0 fully saturated rings. The molecule has 0 unspecified atom stereocenters. The Morgan fingerprint density at radius 2 is 1.74 bits per heavy atom.